The van der Waals surface area contributed by atoms with Crippen LogP contribution < -0.4 is 14.8 Å². The molecule has 2 aromatic rings. The molecule has 0 fully saturated rings. The Bertz CT molecular complexity index is 676. The Hall–Kier alpha value is -1.28. The number of rotatable bonds is 4. The summed E-state index contributed by atoms with van der Waals surface area (Å²) in [6.45, 7) is 0. The van der Waals surface area contributed by atoms with Crippen molar-refractivity contribution in [1.82, 2.24) is 0 Å². The molecule has 2 aromatic carbocycles. The molecule has 21 heavy (non-hydrogen) atoms. The zero-order valence-electron chi connectivity index (χ0n) is 11.4. The number of carbonyl (C=O) groups excluding carboxylic acids is 1. The van der Waals surface area contributed by atoms with E-state index in [0.29, 0.717) is 22.7 Å². The molecular formula is C15H13BrINO3. The second-order valence-electron chi connectivity index (χ2n) is 4.14. The highest BCUT2D eigenvalue weighted by molar-refractivity contribution is 14.1. The largest absolute Gasteiger partial charge is 0.497 e. The maximum absolute atomic E-state index is 12.4. The van der Waals surface area contributed by atoms with Crippen LogP contribution in [0.1, 0.15) is 10.4 Å². The molecule has 1 amide bonds. The lowest BCUT2D eigenvalue weighted by atomic mass is 10.2. The van der Waals surface area contributed by atoms with Crippen LogP contribution >= 0.6 is 38.5 Å². The number of amides is 1. The summed E-state index contributed by atoms with van der Waals surface area (Å²) in [7, 11) is 3.13. The molecule has 0 aliphatic carbocycles. The number of carbonyl (C=O) groups is 1. The molecule has 0 saturated heterocycles. The van der Waals surface area contributed by atoms with Gasteiger partial charge in [0, 0.05) is 14.1 Å². The predicted molar refractivity (Wildman–Crippen MR) is 94.4 cm³/mol. The van der Waals surface area contributed by atoms with Crippen LogP contribution in [0.2, 0.25) is 0 Å². The second kappa shape index (κ2) is 7.13. The van der Waals surface area contributed by atoms with Gasteiger partial charge in [-0.2, -0.15) is 0 Å². The topological polar surface area (TPSA) is 47.6 Å². The van der Waals surface area contributed by atoms with E-state index in [4.69, 9.17) is 9.47 Å². The van der Waals surface area contributed by atoms with E-state index in [1.54, 1.807) is 32.4 Å². The van der Waals surface area contributed by atoms with Crippen LogP contribution in [-0.4, -0.2) is 20.1 Å². The average Bonchev–Trinajstić information content (AvgIpc) is 2.49. The second-order valence-corrected chi connectivity index (χ2v) is 6.24. The summed E-state index contributed by atoms with van der Waals surface area (Å²) in [5, 5.41) is 2.84. The van der Waals surface area contributed by atoms with Gasteiger partial charge in [0.25, 0.3) is 5.91 Å². The Labute approximate surface area is 145 Å². The van der Waals surface area contributed by atoms with Crippen LogP contribution in [0, 0.1) is 3.57 Å². The maximum Gasteiger partial charge on any atom is 0.256 e. The van der Waals surface area contributed by atoms with Crippen LogP contribution in [-0.2, 0) is 0 Å². The van der Waals surface area contributed by atoms with Crippen LogP contribution in [0.4, 0.5) is 5.69 Å². The normalized spacial score (nSPS) is 10.1. The Balaban J connectivity index is 2.29. The van der Waals surface area contributed by atoms with E-state index in [1.807, 2.05) is 18.2 Å². The molecule has 0 saturated carbocycles. The molecule has 0 aliphatic rings. The monoisotopic (exact) mass is 461 g/mol. The fourth-order valence-corrected chi connectivity index (χ4v) is 2.68. The number of methoxy groups -OCH3 is 2. The highest BCUT2D eigenvalue weighted by atomic mass is 127. The van der Waals surface area contributed by atoms with Crippen molar-refractivity contribution in [1.29, 1.82) is 0 Å². The minimum atomic E-state index is -0.205. The Morgan fingerprint density at radius 3 is 2.57 bits per heavy atom. The van der Waals surface area contributed by atoms with Crippen molar-refractivity contribution in [2.24, 2.45) is 0 Å². The first-order valence-electron chi connectivity index (χ1n) is 6.03. The van der Waals surface area contributed by atoms with Gasteiger partial charge in [0.2, 0.25) is 0 Å². The zero-order valence-corrected chi connectivity index (χ0v) is 15.2. The average molecular weight is 462 g/mol. The summed E-state index contributed by atoms with van der Waals surface area (Å²) < 4.78 is 12.1. The van der Waals surface area contributed by atoms with Gasteiger partial charge in [-0.05, 0) is 68.9 Å². The summed E-state index contributed by atoms with van der Waals surface area (Å²) in [5.74, 6) is 1.01. The van der Waals surface area contributed by atoms with Crippen molar-refractivity contribution in [2.75, 3.05) is 19.5 Å². The predicted octanol–water partition coefficient (Wildman–Crippen LogP) is 4.32. The molecule has 2 rings (SSSR count). The van der Waals surface area contributed by atoms with Crippen molar-refractivity contribution in [2.45, 2.75) is 0 Å². The Morgan fingerprint density at radius 1 is 1.14 bits per heavy atom. The van der Waals surface area contributed by atoms with Gasteiger partial charge in [0.05, 0.1) is 25.5 Å². The molecule has 0 bridgehead atoms. The molecule has 0 heterocycles. The van der Waals surface area contributed by atoms with E-state index in [2.05, 4.69) is 43.8 Å². The number of halogens is 2. The summed E-state index contributed by atoms with van der Waals surface area (Å²) >= 11 is 5.56. The Kier molecular flexibility index (Phi) is 5.46. The third-order valence-electron chi connectivity index (χ3n) is 2.83. The van der Waals surface area contributed by atoms with Gasteiger partial charge in [-0.1, -0.05) is 0 Å². The fraction of sp³-hybridized carbons (Fsp3) is 0.133. The van der Waals surface area contributed by atoms with Gasteiger partial charge in [-0.15, -0.1) is 0 Å². The molecular weight excluding hydrogens is 449 g/mol. The first-order chi connectivity index (χ1) is 10.0. The number of anilines is 1. The third-order valence-corrected chi connectivity index (χ3v) is 4.19. The summed E-state index contributed by atoms with van der Waals surface area (Å²) in [5.41, 5.74) is 1.16. The summed E-state index contributed by atoms with van der Waals surface area (Å²) in [6.07, 6.45) is 0. The fourth-order valence-electron chi connectivity index (χ4n) is 1.76. The zero-order chi connectivity index (χ0) is 15.4. The van der Waals surface area contributed by atoms with Gasteiger partial charge in [-0.25, -0.2) is 0 Å². The van der Waals surface area contributed by atoms with E-state index < -0.39 is 0 Å². The lowest BCUT2D eigenvalue weighted by molar-refractivity contribution is 0.102. The lowest BCUT2D eigenvalue weighted by Crippen LogP contribution is -2.13. The number of hydrogen-bond acceptors (Lipinski definition) is 3. The van der Waals surface area contributed by atoms with E-state index in [-0.39, 0.29) is 5.91 Å². The molecule has 0 radical (unpaired) electrons. The van der Waals surface area contributed by atoms with Gasteiger partial charge in [0.15, 0.2) is 0 Å². The number of ether oxygens (including phenoxy) is 2. The van der Waals surface area contributed by atoms with Crippen LogP contribution in [0.15, 0.2) is 40.9 Å². The minimum Gasteiger partial charge on any atom is -0.497 e. The number of benzene rings is 2. The quantitative estimate of drug-likeness (QED) is 0.689. The van der Waals surface area contributed by atoms with Crippen molar-refractivity contribution < 1.29 is 14.3 Å². The Morgan fingerprint density at radius 2 is 1.90 bits per heavy atom. The first-order valence-corrected chi connectivity index (χ1v) is 7.90. The standard InChI is InChI=1S/C15H13BrINO3/c1-20-10-4-6-13(14(8-10)21-2)18-15(19)11-7-9(17)3-5-12(11)16/h3-8H,1-2H3,(H,18,19). The summed E-state index contributed by atoms with van der Waals surface area (Å²) in [4.78, 5) is 12.4. The molecule has 1 N–H and O–H groups in total. The third kappa shape index (κ3) is 3.88. The van der Waals surface area contributed by atoms with Crippen molar-refractivity contribution in [3.63, 3.8) is 0 Å². The molecule has 0 atom stereocenters. The van der Waals surface area contributed by atoms with Crippen molar-refractivity contribution in [3.05, 3.63) is 50.0 Å². The van der Waals surface area contributed by atoms with Crippen LogP contribution in [0.5, 0.6) is 11.5 Å². The van der Waals surface area contributed by atoms with Gasteiger partial charge < -0.3 is 14.8 Å². The summed E-state index contributed by atoms with van der Waals surface area (Å²) in [6, 6.07) is 10.8. The molecule has 6 heteroatoms. The molecule has 110 valence electrons. The van der Waals surface area contributed by atoms with E-state index in [1.165, 1.54) is 0 Å². The smallest absolute Gasteiger partial charge is 0.256 e. The van der Waals surface area contributed by atoms with E-state index >= 15 is 0 Å². The van der Waals surface area contributed by atoms with Gasteiger partial charge in [0.1, 0.15) is 11.5 Å². The molecule has 0 spiro atoms. The molecule has 0 aromatic heterocycles. The van der Waals surface area contributed by atoms with Gasteiger partial charge >= 0.3 is 0 Å². The number of nitrogens with one attached hydrogen (secondary N) is 1. The van der Waals surface area contributed by atoms with Gasteiger partial charge in [-0.3, -0.25) is 4.79 Å². The van der Waals surface area contributed by atoms with E-state index in [0.717, 1.165) is 8.04 Å². The maximum atomic E-state index is 12.4. The van der Waals surface area contributed by atoms with Crippen molar-refractivity contribution >= 4 is 50.1 Å². The number of hydrogen-bond donors (Lipinski definition) is 1. The van der Waals surface area contributed by atoms with Crippen LogP contribution in [0.3, 0.4) is 0 Å². The van der Waals surface area contributed by atoms with Crippen LogP contribution in [0.25, 0.3) is 0 Å². The molecule has 4 nitrogen and oxygen atoms in total. The minimum absolute atomic E-state index is 0.205. The first kappa shape index (κ1) is 16.1. The lowest BCUT2D eigenvalue weighted by Gasteiger charge is -2.12. The molecule has 0 unspecified atom stereocenters. The van der Waals surface area contributed by atoms with Crippen molar-refractivity contribution in [3.8, 4) is 11.5 Å². The van der Waals surface area contributed by atoms with E-state index in [9.17, 15) is 4.79 Å². The molecule has 0 aliphatic heterocycles. The highest BCUT2D eigenvalue weighted by Crippen LogP contribution is 2.30. The SMILES string of the molecule is COc1ccc(NC(=O)c2cc(I)ccc2Br)c(OC)c1. The highest BCUT2D eigenvalue weighted by Gasteiger charge is 2.13.